The van der Waals surface area contributed by atoms with Crippen molar-refractivity contribution < 1.29 is 43.1 Å². The molecule has 4 atom stereocenters. The number of morpholine rings is 1. The van der Waals surface area contributed by atoms with Gasteiger partial charge in [-0.2, -0.15) is 0 Å². The van der Waals surface area contributed by atoms with E-state index >= 15 is 0 Å². The van der Waals surface area contributed by atoms with Gasteiger partial charge in [-0.15, -0.1) is 0 Å². The van der Waals surface area contributed by atoms with Crippen LogP contribution in [-0.2, 0) is 25.3 Å². The summed E-state index contributed by atoms with van der Waals surface area (Å²) in [5, 5.41) is 10.5. The summed E-state index contributed by atoms with van der Waals surface area (Å²) in [4.78, 5) is 61.7. The third kappa shape index (κ3) is 9.33. The van der Waals surface area contributed by atoms with Crippen LogP contribution in [0.3, 0.4) is 0 Å². The number of amides is 3. The van der Waals surface area contributed by atoms with E-state index in [0.717, 1.165) is 37.7 Å². The molecular formula is C29H48N4O8P+. The third-order valence-corrected chi connectivity index (χ3v) is 9.73. The number of aliphatic carboxylic acids is 1. The van der Waals surface area contributed by atoms with Gasteiger partial charge < -0.3 is 31.1 Å². The number of aryl methyl sites for hydroxylation is 1. The van der Waals surface area contributed by atoms with E-state index in [2.05, 4.69) is 0 Å². The molecular weight excluding hydrogens is 563 g/mol. The van der Waals surface area contributed by atoms with Crippen molar-refractivity contribution in [1.29, 1.82) is 0 Å². The van der Waals surface area contributed by atoms with Crippen LogP contribution in [0.25, 0.3) is 0 Å². The number of quaternary nitrogens is 1. The molecule has 1 heterocycles. The number of carbonyl (C=O) groups excluding carboxylic acids is 2. The summed E-state index contributed by atoms with van der Waals surface area (Å²) in [6.07, 6.45) is 4.65. The Morgan fingerprint density at radius 2 is 1.79 bits per heavy atom. The van der Waals surface area contributed by atoms with E-state index in [9.17, 15) is 33.8 Å². The van der Waals surface area contributed by atoms with Gasteiger partial charge in [0.05, 0.1) is 19.3 Å². The number of nitrogens with two attached hydrogens (primary N) is 2. The molecule has 1 saturated carbocycles. The van der Waals surface area contributed by atoms with Crippen LogP contribution in [0.5, 0.6) is 0 Å². The van der Waals surface area contributed by atoms with Gasteiger partial charge in [-0.25, -0.2) is 14.1 Å². The number of carboxylic acids is 1. The van der Waals surface area contributed by atoms with Crippen molar-refractivity contribution in [2.45, 2.75) is 76.4 Å². The molecule has 7 N–H and O–H groups in total. The normalized spacial score (nSPS) is 23.2. The van der Waals surface area contributed by atoms with E-state index in [4.69, 9.17) is 16.2 Å². The number of carboxylic acid groups (broad SMARTS) is 1. The van der Waals surface area contributed by atoms with Crippen LogP contribution in [0.4, 0.5) is 4.79 Å². The molecule has 3 unspecified atom stereocenters. The van der Waals surface area contributed by atoms with Gasteiger partial charge in [-0.1, -0.05) is 62.4 Å². The first-order valence-electron chi connectivity index (χ1n) is 15.1. The van der Waals surface area contributed by atoms with Gasteiger partial charge in [0, 0.05) is 12.3 Å². The number of rotatable bonds is 15. The van der Waals surface area contributed by atoms with E-state index in [1.807, 2.05) is 30.3 Å². The molecule has 3 rings (SSSR count). The monoisotopic (exact) mass is 611 g/mol. The first kappa shape index (κ1) is 34.2. The minimum Gasteiger partial charge on any atom is -0.480 e. The topological polar surface area (TPSA) is 193 Å². The second-order valence-electron chi connectivity index (χ2n) is 11.8. The first-order valence-corrected chi connectivity index (χ1v) is 16.9. The molecule has 0 spiro atoms. The molecule has 2 fully saturated rings. The summed E-state index contributed by atoms with van der Waals surface area (Å²) in [6.45, 7) is 0.655. The minimum atomic E-state index is -4.66. The highest BCUT2D eigenvalue weighted by atomic mass is 31.2. The predicted molar refractivity (Wildman–Crippen MR) is 157 cm³/mol. The molecule has 0 bridgehead atoms. The first-order chi connectivity index (χ1) is 20.0. The van der Waals surface area contributed by atoms with Crippen LogP contribution in [0, 0.1) is 11.8 Å². The number of urea groups is 1. The van der Waals surface area contributed by atoms with Crippen molar-refractivity contribution in [2.75, 3.05) is 39.0 Å². The zero-order chi connectivity index (χ0) is 30.8. The van der Waals surface area contributed by atoms with E-state index in [1.54, 1.807) is 0 Å². The maximum absolute atomic E-state index is 14.5. The second-order valence-corrected chi connectivity index (χ2v) is 13.5. The van der Waals surface area contributed by atoms with Crippen LogP contribution < -0.4 is 11.5 Å². The number of primary amides is 1. The Labute approximate surface area is 248 Å². The number of ether oxygens (including phenoxy) is 1. The molecule has 1 aliphatic heterocycles. The molecule has 2 aliphatic rings. The SMILES string of the molecule is NCCC[N+]1(C(N)=O)CCOCC1N(C(=O)C(CCCc1ccccc1)CP(=O)(O)O)[C@@H](CC1CCCCC1)C(=O)O. The van der Waals surface area contributed by atoms with Crippen molar-refractivity contribution >= 4 is 25.5 Å². The smallest absolute Gasteiger partial charge is 0.415 e. The van der Waals surface area contributed by atoms with Gasteiger partial charge in [0.15, 0.2) is 6.17 Å². The molecule has 13 heteroatoms. The minimum absolute atomic E-state index is 0.0671. The summed E-state index contributed by atoms with van der Waals surface area (Å²) in [6, 6.07) is 7.52. The van der Waals surface area contributed by atoms with E-state index < -0.39 is 54.3 Å². The second kappa shape index (κ2) is 15.9. The lowest BCUT2D eigenvalue weighted by molar-refractivity contribution is -0.895. The number of hydrogen-bond donors (Lipinski definition) is 5. The Kier molecular flexibility index (Phi) is 13.0. The van der Waals surface area contributed by atoms with E-state index in [0.29, 0.717) is 19.3 Å². The summed E-state index contributed by atoms with van der Waals surface area (Å²) in [5.74, 6) is -3.01. The highest BCUT2D eigenvalue weighted by Gasteiger charge is 2.54. The summed E-state index contributed by atoms with van der Waals surface area (Å²) < 4.78 is 17.6. The standard InChI is InChI=1S/C29H47N4O8P/c30-15-8-16-33(29(31)37)17-18-41-20-26(33)32(25(28(35)36)19-23-11-5-2-6-12-23)27(34)24(21-42(38,39)40)14-7-13-22-9-3-1-4-10-22/h1,3-4,9-10,23-26H,2,5-8,11-21,30H2,(H4-,31,35,36,37,38,39,40)/p+1/t24?,25-,26?,33?/m0/s1. The molecule has 1 aliphatic carbocycles. The fourth-order valence-electron chi connectivity index (χ4n) is 6.60. The average Bonchev–Trinajstić information content (AvgIpc) is 2.96. The van der Waals surface area contributed by atoms with Crippen LogP contribution in [0.2, 0.25) is 0 Å². The predicted octanol–water partition coefficient (Wildman–Crippen LogP) is 2.66. The number of nitrogens with zero attached hydrogens (tertiary/aromatic N) is 2. The molecule has 1 aromatic rings. The quantitative estimate of drug-likeness (QED) is 0.146. The Hall–Kier alpha value is -2.34. The number of carbonyl (C=O) groups is 3. The van der Waals surface area contributed by atoms with Crippen molar-refractivity contribution in [3.05, 3.63) is 35.9 Å². The van der Waals surface area contributed by atoms with Crippen LogP contribution in [0.15, 0.2) is 30.3 Å². The fourth-order valence-corrected chi connectivity index (χ4v) is 7.51. The Balaban J connectivity index is 2.04. The van der Waals surface area contributed by atoms with Gasteiger partial charge in [0.2, 0.25) is 5.91 Å². The maximum Gasteiger partial charge on any atom is 0.415 e. The lowest BCUT2D eigenvalue weighted by Crippen LogP contribution is -2.74. The molecule has 42 heavy (non-hydrogen) atoms. The van der Waals surface area contributed by atoms with Crippen LogP contribution in [-0.4, -0.2) is 93.4 Å². The lowest BCUT2D eigenvalue weighted by atomic mass is 9.84. The van der Waals surface area contributed by atoms with Crippen molar-refractivity contribution in [2.24, 2.45) is 23.3 Å². The zero-order valence-corrected chi connectivity index (χ0v) is 25.3. The van der Waals surface area contributed by atoms with E-state index in [1.165, 1.54) is 4.90 Å². The van der Waals surface area contributed by atoms with Gasteiger partial charge in [0.25, 0.3) is 0 Å². The molecule has 1 saturated heterocycles. The van der Waals surface area contributed by atoms with Crippen molar-refractivity contribution in [3.8, 4) is 0 Å². The van der Waals surface area contributed by atoms with Gasteiger partial charge in [-0.3, -0.25) is 14.3 Å². The zero-order valence-electron chi connectivity index (χ0n) is 24.4. The fraction of sp³-hybridized carbons (Fsp3) is 0.690. The Bertz CT molecular complexity index is 1080. The number of hydrogen-bond acceptors (Lipinski definition) is 6. The third-order valence-electron chi connectivity index (χ3n) is 8.82. The molecule has 12 nitrogen and oxygen atoms in total. The van der Waals surface area contributed by atoms with Crippen molar-refractivity contribution in [3.63, 3.8) is 0 Å². The molecule has 0 radical (unpaired) electrons. The number of benzene rings is 1. The molecule has 3 amide bonds. The summed E-state index contributed by atoms with van der Waals surface area (Å²) in [5.41, 5.74) is 12.8. The van der Waals surface area contributed by atoms with Gasteiger partial charge in [-0.05, 0) is 43.7 Å². The molecule has 0 aromatic heterocycles. The van der Waals surface area contributed by atoms with Gasteiger partial charge >= 0.3 is 19.6 Å². The lowest BCUT2D eigenvalue weighted by Gasteiger charge is -2.50. The Morgan fingerprint density at radius 1 is 1.10 bits per heavy atom. The Morgan fingerprint density at radius 3 is 2.38 bits per heavy atom. The van der Waals surface area contributed by atoms with Gasteiger partial charge in [0.1, 0.15) is 19.2 Å². The average molecular weight is 612 g/mol. The van der Waals surface area contributed by atoms with Crippen LogP contribution in [0.1, 0.15) is 63.4 Å². The highest BCUT2D eigenvalue weighted by molar-refractivity contribution is 7.51. The highest BCUT2D eigenvalue weighted by Crippen LogP contribution is 2.40. The summed E-state index contributed by atoms with van der Waals surface area (Å²) in [7, 11) is -4.66. The van der Waals surface area contributed by atoms with Crippen molar-refractivity contribution in [1.82, 2.24) is 4.90 Å². The largest absolute Gasteiger partial charge is 0.480 e. The maximum atomic E-state index is 14.5. The van der Waals surface area contributed by atoms with E-state index in [-0.39, 0.29) is 51.6 Å². The van der Waals surface area contributed by atoms with Crippen LogP contribution >= 0.6 is 7.60 Å². The molecule has 1 aromatic carbocycles. The summed E-state index contributed by atoms with van der Waals surface area (Å²) >= 11 is 0. The molecule has 236 valence electrons.